The highest BCUT2D eigenvalue weighted by Crippen LogP contribution is 2.23. The lowest BCUT2D eigenvalue weighted by molar-refractivity contribution is -0.287. The molecule has 0 aromatic rings. The minimum Gasteiger partial charge on any atom is -0.392 e. The van der Waals surface area contributed by atoms with Gasteiger partial charge in [-0.25, -0.2) is 0 Å². The molecule has 0 radical (unpaired) electrons. The van der Waals surface area contributed by atoms with Gasteiger partial charge in [-0.1, -0.05) is 0 Å². The van der Waals surface area contributed by atoms with E-state index in [1.165, 1.54) is 0 Å². The molecular formula is C6H13NO5. The number of aliphatic hydroxyl groups excluding tert-OH is 4. The Morgan fingerprint density at radius 2 is 2.00 bits per heavy atom. The van der Waals surface area contributed by atoms with Crippen LogP contribution in [0.2, 0.25) is 0 Å². The van der Waals surface area contributed by atoms with Crippen LogP contribution in [-0.4, -0.2) is 51.3 Å². The molecule has 1 aliphatic heterocycles. The van der Waals surface area contributed by atoms with Crippen LogP contribution in [0.4, 0.5) is 0 Å². The van der Waals surface area contributed by atoms with Gasteiger partial charge in [0.25, 0.3) is 0 Å². The van der Waals surface area contributed by atoms with E-state index < -0.39 is 30.8 Å². The Bertz CT molecular complexity index is 166. The molecule has 6 heteroatoms. The average Bonchev–Trinajstić information content (AvgIpc) is 2.00. The fourth-order valence-corrected chi connectivity index (χ4v) is 1.16. The molecule has 6 N–H and O–H groups in total. The third kappa shape index (κ3) is 1.58. The number of hydrogen-bond donors (Lipinski definition) is 5. The van der Waals surface area contributed by atoms with Gasteiger partial charge in [0.1, 0.15) is 6.10 Å². The zero-order valence-corrected chi connectivity index (χ0v) is 6.42. The summed E-state index contributed by atoms with van der Waals surface area (Å²) in [7, 11) is 0. The van der Waals surface area contributed by atoms with Gasteiger partial charge >= 0.3 is 0 Å². The van der Waals surface area contributed by atoms with Crippen molar-refractivity contribution in [2.24, 2.45) is 5.73 Å². The second-order valence-electron chi connectivity index (χ2n) is 2.93. The van der Waals surface area contributed by atoms with Crippen LogP contribution in [0.25, 0.3) is 0 Å². The molecule has 72 valence electrons. The van der Waals surface area contributed by atoms with Crippen molar-refractivity contribution in [2.75, 3.05) is 6.61 Å². The van der Waals surface area contributed by atoms with Crippen molar-refractivity contribution in [3.63, 3.8) is 0 Å². The van der Waals surface area contributed by atoms with Crippen molar-refractivity contribution in [3.05, 3.63) is 0 Å². The maximum atomic E-state index is 9.24. The van der Waals surface area contributed by atoms with Crippen LogP contribution in [0.5, 0.6) is 0 Å². The minimum absolute atomic E-state index is 0.111. The summed E-state index contributed by atoms with van der Waals surface area (Å²) in [5.41, 5.74) is 3.57. The summed E-state index contributed by atoms with van der Waals surface area (Å²) < 4.78 is 4.68. The summed E-state index contributed by atoms with van der Waals surface area (Å²) in [6.07, 6.45) is -3.92. The third-order valence-corrected chi connectivity index (χ3v) is 1.91. The highest BCUT2D eigenvalue weighted by Gasteiger charge is 2.45. The van der Waals surface area contributed by atoms with Gasteiger partial charge in [0, 0.05) is 6.42 Å². The minimum atomic E-state index is -1.77. The molecule has 1 rings (SSSR count). The molecule has 0 aromatic carbocycles. The van der Waals surface area contributed by atoms with Crippen molar-refractivity contribution < 1.29 is 25.2 Å². The first-order valence-electron chi connectivity index (χ1n) is 3.61. The van der Waals surface area contributed by atoms with E-state index in [9.17, 15) is 5.11 Å². The molecule has 6 nitrogen and oxygen atoms in total. The number of hydrogen-bond acceptors (Lipinski definition) is 6. The second kappa shape index (κ2) is 3.25. The highest BCUT2D eigenvalue weighted by molar-refractivity contribution is 4.91. The molecule has 1 heterocycles. The van der Waals surface area contributed by atoms with E-state index in [1.54, 1.807) is 0 Å². The van der Waals surface area contributed by atoms with Crippen LogP contribution < -0.4 is 5.73 Å². The van der Waals surface area contributed by atoms with E-state index >= 15 is 0 Å². The number of nitrogens with two attached hydrogens (primary N) is 1. The molecule has 1 fully saturated rings. The van der Waals surface area contributed by atoms with E-state index in [-0.39, 0.29) is 6.42 Å². The Hall–Kier alpha value is -0.240. The van der Waals surface area contributed by atoms with Crippen LogP contribution in [-0.2, 0) is 4.74 Å². The summed E-state index contributed by atoms with van der Waals surface area (Å²) in [5, 5.41) is 36.1. The predicted octanol–water partition coefficient (Wildman–Crippen LogP) is -2.91. The molecule has 0 spiro atoms. The summed E-state index contributed by atoms with van der Waals surface area (Å²) in [6.45, 7) is -0.664. The Morgan fingerprint density at radius 1 is 1.42 bits per heavy atom. The molecule has 4 unspecified atom stereocenters. The summed E-state index contributed by atoms with van der Waals surface area (Å²) in [6, 6.07) is 0. The van der Waals surface area contributed by atoms with Crippen LogP contribution >= 0.6 is 0 Å². The van der Waals surface area contributed by atoms with E-state index in [0.29, 0.717) is 0 Å². The SMILES string of the molecule is NC1(CO)OC(O)CC(O)C1O. The van der Waals surface area contributed by atoms with Crippen molar-refractivity contribution >= 4 is 0 Å². The summed E-state index contributed by atoms with van der Waals surface area (Å²) >= 11 is 0. The highest BCUT2D eigenvalue weighted by atomic mass is 16.6. The van der Waals surface area contributed by atoms with Crippen LogP contribution in [0.3, 0.4) is 0 Å². The standard InChI is InChI=1S/C6H13NO5/c7-6(2-8)5(11)3(9)1-4(10)12-6/h3-5,8-11H,1-2,7H2. The molecule has 0 amide bonds. The smallest absolute Gasteiger partial charge is 0.171 e. The number of aliphatic hydroxyl groups is 4. The molecule has 0 aromatic heterocycles. The molecule has 1 aliphatic rings. The molecule has 0 saturated carbocycles. The lowest BCUT2D eigenvalue weighted by Gasteiger charge is -2.41. The lowest BCUT2D eigenvalue weighted by Crippen LogP contribution is -2.65. The maximum Gasteiger partial charge on any atom is 0.171 e. The van der Waals surface area contributed by atoms with Crippen LogP contribution in [0, 0.1) is 0 Å². The van der Waals surface area contributed by atoms with Crippen molar-refractivity contribution in [2.45, 2.75) is 30.6 Å². The zero-order valence-electron chi connectivity index (χ0n) is 6.42. The Balaban J connectivity index is 2.72. The fourth-order valence-electron chi connectivity index (χ4n) is 1.16. The monoisotopic (exact) mass is 179 g/mol. The normalized spacial score (nSPS) is 49.2. The van der Waals surface area contributed by atoms with Gasteiger partial charge in [-0.05, 0) is 0 Å². The van der Waals surface area contributed by atoms with Crippen LogP contribution in [0.15, 0.2) is 0 Å². The Kier molecular flexibility index (Phi) is 2.67. The van der Waals surface area contributed by atoms with Crippen molar-refractivity contribution in [3.8, 4) is 0 Å². The quantitative estimate of drug-likeness (QED) is 0.295. The average molecular weight is 179 g/mol. The number of ether oxygens (including phenoxy) is 1. The van der Waals surface area contributed by atoms with E-state index in [2.05, 4.69) is 4.74 Å². The molecular weight excluding hydrogens is 166 g/mol. The first-order valence-corrected chi connectivity index (χ1v) is 3.61. The van der Waals surface area contributed by atoms with Gasteiger partial charge in [0.05, 0.1) is 12.7 Å². The first-order chi connectivity index (χ1) is 5.49. The summed E-state index contributed by atoms with van der Waals surface area (Å²) in [4.78, 5) is 0. The van der Waals surface area contributed by atoms with Gasteiger partial charge in [0.15, 0.2) is 12.0 Å². The first kappa shape index (κ1) is 9.85. The molecule has 4 atom stereocenters. The molecule has 0 aliphatic carbocycles. The fraction of sp³-hybridized carbons (Fsp3) is 1.00. The molecule has 1 saturated heterocycles. The topological polar surface area (TPSA) is 116 Å². The molecule has 0 bridgehead atoms. The van der Waals surface area contributed by atoms with Crippen molar-refractivity contribution in [1.82, 2.24) is 0 Å². The maximum absolute atomic E-state index is 9.24. The second-order valence-corrected chi connectivity index (χ2v) is 2.93. The third-order valence-electron chi connectivity index (χ3n) is 1.91. The molecule has 12 heavy (non-hydrogen) atoms. The van der Waals surface area contributed by atoms with Crippen LogP contribution in [0.1, 0.15) is 6.42 Å². The van der Waals surface area contributed by atoms with Gasteiger partial charge in [0.2, 0.25) is 0 Å². The van der Waals surface area contributed by atoms with Gasteiger partial charge < -0.3 is 25.2 Å². The van der Waals surface area contributed by atoms with E-state index in [4.69, 9.17) is 21.1 Å². The van der Waals surface area contributed by atoms with E-state index in [0.717, 1.165) is 0 Å². The summed E-state index contributed by atoms with van der Waals surface area (Å²) in [5.74, 6) is 0. The van der Waals surface area contributed by atoms with Crippen molar-refractivity contribution in [1.29, 1.82) is 0 Å². The predicted molar refractivity (Wildman–Crippen MR) is 37.7 cm³/mol. The van der Waals surface area contributed by atoms with E-state index in [1.807, 2.05) is 0 Å². The lowest BCUT2D eigenvalue weighted by atomic mass is 9.97. The number of rotatable bonds is 1. The van der Waals surface area contributed by atoms with Gasteiger partial charge in [-0.2, -0.15) is 0 Å². The largest absolute Gasteiger partial charge is 0.392 e. The Morgan fingerprint density at radius 3 is 2.50 bits per heavy atom. The zero-order chi connectivity index (χ0) is 9.35. The Labute approximate surface area is 69.2 Å². The van der Waals surface area contributed by atoms with Gasteiger partial charge in [-0.15, -0.1) is 0 Å². The van der Waals surface area contributed by atoms with Gasteiger partial charge in [-0.3, -0.25) is 5.73 Å².